The van der Waals surface area contributed by atoms with Crippen molar-refractivity contribution in [2.24, 2.45) is 17.5 Å². The summed E-state index contributed by atoms with van der Waals surface area (Å²) in [5.74, 6) is 4.79. The van der Waals surface area contributed by atoms with Crippen LogP contribution in [-0.2, 0) is 16.1 Å². The normalized spacial score (nSPS) is 16.1. The molecule has 2 atom stereocenters. The van der Waals surface area contributed by atoms with E-state index in [-0.39, 0.29) is 13.0 Å². The second-order valence-electron chi connectivity index (χ2n) is 8.37. The van der Waals surface area contributed by atoms with E-state index in [9.17, 15) is 19.5 Å². The summed E-state index contributed by atoms with van der Waals surface area (Å²) in [6, 6.07) is 2.77. The van der Waals surface area contributed by atoms with Gasteiger partial charge in [0.1, 0.15) is 12.1 Å². The highest BCUT2D eigenvalue weighted by Gasteiger charge is 2.30. The van der Waals surface area contributed by atoms with Crippen LogP contribution in [0.1, 0.15) is 63.5 Å². The van der Waals surface area contributed by atoms with E-state index in [2.05, 4.69) is 15.6 Å². The molecule has 0 spiro atoms. The minimum absolute atomic E-state index is 0.112. The third-order valence-electron chi connectivity index (χ3n) is 5.79. The van der Waals surface area contributed by atoms with Crippen LogP contribution in [0, 0.1) is 5.92 Å². The van der Waals surface area contributed by atoms with Crippen molar-refractivity contribution in [1.29, 1.82) is 0 Å². The highest BCUT2D eigenvalue weighted by molar-refractivity contribution is 5.88. The highest BCUT2D eigenvalue weighted by atomic mass is 16.4. The van der Waals surface area contributed by atoms with E-state index in [0.717, 1.165) is 30.7 Å². The molecular formula is C22H36N6O4. The number of carbonyl (C=O) groups excluding carboxylic acids is 2. The van der Waals surface area contributed by atoms with Gasteiger partial charge >= 0.3 is 12.0 Å². The first-order chi connectivity index (χ1) is 15.4. The number of rotatable bonds is 12. The van der Waals surface area contributed by atoms with Crippen molar-refractivity contribution >= 4 is 17.9 Å². The van der Waals surface area contributed by atoms with Crippen LogP contribution in [-0.4, -0.2) is 51.6 Å². The van der Waals surface area contributed by atoms with E-state index in [4.69, 9.17) is 11.6 Å². The zero-order valence-corrected chi connectivity index (χ0v) is 18.5. The van der Waals surface area contributed by atoms with Gasteiger partial charge in [0.2, 0.25) is 0 Å². The Morgan fingerprint density at radius 1 is 1.12 bits per heavy atom. The Bertz CT molecular complexity index is 726. The summed E-state index contributed by atoms with van der Waals surface area (Å²) in [7, 11) is 0. The molecule has 1 aliphatic rings. The average molecular weight is 449 g/mol. The lowest BCUT2D eigenvalue weighted by Crippen LogP contribution is -2.55. The number of aromatic nitrogens is 1. The number of hydrazine groups is 1. The summed E-state index contributed by atoms with van der Waals surface area (Å²) in [6.07, 6.45) is 8.97. The molecule has 1 fully saturated rings. The number of hydrogen-bond acceptors (Lipinski definition) is 6. The van der Waals surface area contributed by atoms with E-state index in [0.29, 0.717) is 37.4 Å². The maximum Gasteiger partial charge on any atom is 0.326 e. The predicted octanol–water partition coefficient (Wildman–Crippen LogP) is 1.50. The molecule has 0 bridgehead atoms. The topological polar surface area (TPSA) is 164 Å². The van der Waals surface area contributed by atoms with E-state index >= 15 is 0 Å². The van der Waals surface area contributed by atoms with Gasteiger partial charge in [0.25, 0.3) is 5.91 Å². The lowest BCUT2D eigenvalue weighted by molar-refractivity contribution is -0.139. The Hall–Kier alpha value is -2.72. The number of unbranched alkanes of at least 4 members (excludes halogenated alkanes) is 1. The van der Waals surface area contributed by atoms with E-state index in [1.165, 1.54) is 6.42 Å². The Balaban J connectivity index is 2.03. The van der Waals surface area contributed by atoms with Gasteiger partial charge in [-0.25, -0.2) is 15.4 Å². The van der Waals surface area contributed by atoms with Crippen molar-refractivity contribution in [3.05, 3.63) is 30.1 Å². The third-order valence-corrected chi connectivity index (χ3v) is 5.79. The summed E-state index contributed by atoms with van der Waals surface area (Å²) < 4.78 is 0. The van der Waals surface area contributed by atoms with E-state index < -0.39 is 30.0 Å². The van der Waals surface area contributed by atoms with Crippen LogP contribution in [0.2, 0.25) is 0 Å². The van der Waals surface area contributed by atoms with Crippen LogP contribution < -0.4 is 22.2 Å². The zero-order valence-electron chi connectivity index (χ0n) is 18.5. The van der Waals surface area contributed by atoms with Crippen molar-refractivity contribution in [3.8, 4) is 0 Å². The van der Waals surface area contributed by atoms with E-state index in [1.807, 2.05) is 6.07 Å². The van der Waals surface area contributed by atoms with Crippen LogP contribution in [0.4, 0.5) is 4.79 Å². The van der Waals surface area contributed by atoms with Gasteiger partial charge in [-0.15, -0.1) is 0 Å². The number of hydrogen-bond donors (Lipinski definition) is 5. The van der Waals surface area contributed by atoms with Crippen LogP contribution in [0.3, 0.4) is 0 Å². The number of carbonyl (C=O) groups is 3. The molecule has 2 unspecified atom stereocenters. The Labute approximate surface area is 189 Å². The maximum absolute atomic E-state index is 13.1. The number of nitrogens with two attached hydrogens (primary N) is 2. The van der Waals surface area contributed by atoms with Crippen molar-refractivity contribution in [2.45, 2.75) is 76.4 Å². The Morgan fingerprint density at radius 2 is 1.84 bits per heavy atom. The molecule has 2 rings (SSSR count). The van der Waals surface area contributed by atoms with Crippen LogP contribution in [0.5, 0.6) is 0 Å². The summed E-state index contributed by atoms with van der Waals surface area (Å²) in [4.78, 5) is 41.4. The van der Waals surface area contributed by atoms with Gasteiger partial charge in [-0.3, -0.25) is 14.8 Å². The molecule has 1 aromatic heterocycles. The molecule has 0 aliphatic heterocycles. The minimum Gasteiger partial charge on any atom is -0.480 e. The van der Waals surface area contributed by atoms with Gasteiger partial charge in [0.15, 0.2) is 0 Å². The van der Waals surface area contributed by atoms with Gasteiger partial charge in [0, 0.05) is 6.20 Å². The standard InChI is InChI=1S/C22H36N6O4/c23-12-6-4-11-18(21(30)31)26-22(32)27-19(14-16-8-2-1-3-9-16)20(29)28(24)15-17-10-5-7-13-25-17/h5,7,10,13,16,18-19H,1-4,6,8-9,11-12,14-15,23-24H2,(H,30,31)(H2,26,27,32). The monoisotopic (exact) mass is 448 g/mol. The fourth-order valence-corrected chi connectivity index (χ4v) is 4.03. The summed E-state index contributed by atoms with van der Waals surface area (Å²) in [5, 5.41) is 15.6. The van der Waals surface area contributed by atoms with Crippen molar-refractivity contribution in [1.82, 2.24) is 20.6 Å². The summed E-state index contributed by atoms with van der Waals surface area (Å²) in [5.41, 5.74) is 6.09. The lowest BCUT2D eigenvalue weighted by Gasteiger charge is -2.29. The minimum atomic E-state index is -1.12. The fourth-order valence-electron chi connectivity index (χ4n) is 4.03. The lowest BCUT2D eigenvalue weighted by atomic mass is 9.84. The van der Waals surface area contributed by atoms with Crippen LogP contribution >= 0.6 is 0 Å². The largest absolute Gasteiger partial charge is 0.480 e. The second kappa shape index (κ2) is 13.6. The molecule has 1 saturated carbocycles. The number of carboxylic acid groups (broad SMARTS) is 1. The fraction of sp³-hybridized carbons (Fsp3) is 0.636. The van der Waals surface area contributed by atoms with Gasteiger partial charge in [0.05, 0.1) is 12.2 Å². The first-order valence-corrected chi connectivity index (χ1v) is 11.4. The summed E-state index contributed by atoms with van der Waals surface area (Å²) >= 11 is 0. The molecule has 32 heavy (non-hydrogen) atoms. The molecule has 1 heterocycles. The highest BCUT2D eigenvalue weighted by Crippen LogP contribution is 2.27. The average Bonchev–Trinajstić information content (AvgIpc) is 2.78. The first kappa shape index (κ1) is 25.5. The van der Waals surface area contributed by atoms with Gasteiger partial charge in [-0.1, -0.05) is 38.2 Å². The molecular weight excluding hydrogens is 412 g/mol. The number of carboxylic acids is 1. The molecule has 0 radical (unpaired) electrons. The Kier molecular flexibility index (Phi) is 10.9. The summed E-state index contributed by atoms with van der Waals surface area (Å²) in [6.45, 7) is 0.570. The number of urea groups is 1. The van der Waals surface area contributed by atoms with Crippen molar-refractivity contribution < 1.29 is 19.5 Å². The molecule has 178 valence electrons. The quantitative estimate of drug-likeness (QED) is 0.140. The van der Waals surface area contributed by atoms with Gasteiger partial charge in [-0.05, 0) is 50.3 Å². The predicted molar refractivity (Wildman–Crippen MR) is 120 cm³/mol. The number of pyridine rings is 1. The molecule has 10 nitrogen and oxygen atoms in total. The molecule has 1 aromatic rings. The zero-order chi connectivity index (χ0) is 23.3. The molecule has 0 aromatic carbocycles. The molecule has 7 N–H and O–H groups in total. The first-order valence-electron chi connectivity index (χ1n) is 11.4. The maximum atomic E-state index is 13.1. The SMILES string of the molecule is NCCCCC(NC(=O)NC(CC1CCCCC1)C(=O)N(N)Cc1ccccn1)C(=O)O. The smallest absolute Gasteiger partial charge is 0.326 e. The Morgan fingerprint density at radius 3 is 2.47 bits per heavy atom. The van der Waals surface area contributed by atoms with Crippen molar-refractivity contribution in [2.75, 3.05) is 6.54 Å². The van der Waals surface area contributed by atoms with E-state index in [1.54, 1.807) is 18.3 Å². The third kappa shape index (κ3) is 8.80. The molecule has 0 saturated heterocycles. The second-order valence-corrected chi connectivity index (χ2v) is 8.37. The number of nitrogens with zero attached hydrogens (tertiary/aromatic N) is 2. The number of nitrogens with one attached hydrogen (secondary N) is 2. The molecule has 1 aliphatic carbocycles. The van der Waals surface area contributed by atoms with Crippen LogP contribution in [0.25, 0.3) is 0 Å². The van der Waals surface area contributed by atoms with Crippen molar-refractivity contribution in [3.63, 3.8) is 0 Å². The van der Waals surface area contributed by atoms with Gasteiger partial charge < -0.3 is 21.5 Å². The molecule has 3 amide bonds. The van der Waals surface area contributed by atoms with Gasteiger partial charge in [-0.2, -0.15) is 0 Å². The van der Waals surface area contributed by atoms with Crippen LogP contribution in [0.15, 0.2) is 24.4 Å². The molecule has 10 heteroatoms. The number of aliphatic carboxylic acids is 1. The number of amides is 3.